The highest BCUT2D eigenvalue weighted by Crippen LogP contribution is 2.37. The minimum Gasteiger partial charge on any atom is -0.497 e. The molecule has 2 saturated heterocycles. The van der Waals surface area contributed by atoms with Gasteiger partial charge < -0.3 is 15.4 Å². The lowest BCUT2D eigenvalue weighted by atomic mass is 9.85. The van der Waals surface area contributed by atoms with Crippen LogP contribution in [0.5, 0.6) is 5.75 Å². The van der Waals surface area contributed by atoms with E-state index in [1.807, 2.05) is 45.4 Å². The van der Waals surface area contributed by atoms with Crippen LogP contribution in [0.2, 0.25) is 0 Å². The quantitative estimate of drug-likeness (QED) is 0.552. The molecule has 0 aliphatic carbocycles. The Labute approximate surface area is 201 Å². The molecule has 2 aromatic carbocycles. The predicted molar refractivity (Wildman–Crippen MR) is 134 cm³/mol. The molecule has 4 atom stereocenters. The van der Waals surface area contributed by atoms with Crippen LogP contribution in [-0.4, -0.2) is 34.9 Å². The average Bonchev–Trinajstić information content (AvgIpc) is 3.43. The van der Waals surface area contributed by atoms with E-state index in [4.69, 9.17) is 4.74 Å². The van der Waals surface area contributed by atoms with Crippen molar-refractivity contribution in [1.82, 2.24) is 20.4 Å². The SMILES string of the molecule is COc1cc(-c2cnn(C)c2)cc([C@@H](C)NC(=O)c2cc(C3C[C@H]4CC[C@@H](C3)N4)ccc2C)c1. The van der Waals surface area contributed by atoms with Crippen molar-refractivity contribution in [3.63, 3.8) is 0 Å². The highest BCUT2D eigenvalue weighted by molar-refractivity contribution is 5.96. The monoisotopic (exact) mass is 458 g/mol. The first kappa shape index (κ1) is 22.7. The molecule has 5 rings (SSSR count). The molecule has 0 saturated carbocycles. The summed E-state index contributed by atoms with van der Waals surface area (Å²) in [6, 6.07) is 13.6. The van der Waals surface area contributed by atoms with Crippen LogP contribution in [0.15, 0.2) is 48.8 Å². The van der Waals surface area contributed by atoms with Gasteiger partial charge in [-0.3, -0.25) is 9.48 Å². The van der Waals surface area contributed by atoms with E-state index < -0.39 is 0 Å². The maximum atomic E-state index is 13.4. The van der Waals surface area contributed by atoms with Crippen LogP contribution in [0, 0.1) is 6.92 Å². The van der Waals surface area contributed by atoms with Crippen LogP contribution in [0.3, 0.4) is 0 Å². The lowest BCUT2D eigenvalue weighted by molar-refractivity contribution is 0.0939. The fraction of sp³-hybridized carbons (Fsp3) is 0.429. The molecule has 1 unspecified atom stereocenters. The standard InChI is InChI=1S/C28H34N4O2/c1-17-5-6-19(22-10-24-7-8-25(11-22)31-24)14-27(17)28(33)30-18(2)20-9-21(13-26(12-20)34-4)23-15-29-32(3)16-23/h5-6,9,12-16,18,22,24-25,31H,7-8,10-11H2,1-4H3,(H,30,33)/t18-,22?,24-,25+/m1/s1. The number of amides is 1. The Morgan fingerprint density at radius 2 is 1.91 bits per heavy atom. The molecular weight excluding hydrogens is 424 g/mol. The van der Waals surface area contributed by atoms with Crippen molar-refractivity contribution >= 4 is 5.91 Å². The van der Waals surface area contributed by atoms with Gasteiger partial charge in [-0.15, -0.1) is 0 Å². The number of fused-ring (bicyclic) bond motifs is 2. The van der Waals surface area contributed by atoms with Crippen molar-refractivity contribution in [3.05, 3.63) is 71.0 Å². The van der Waals surface area contributed by atoms with Crippen LogP contribution in [-0.2, 0) is 7.05 Å². The summed E-state index contributed by atoms with van der Waals surface area (Å²) in [5, 5.41) is 11.2. The largest absolute Gasteiger partial charge is 0.497 e. The summed E-state index contributed by atoms with van der Waals surface area (Å²) < 4.78 is 7.32. The topological polar surface area (TPSA) is 68.2 Å². The minimum atomic E-state index is -0.171. The number of aromatic nitrogens is 2. The van der Waals surface area contributed by atoms with Gasteiger partial charge in [0, 0.05) is 36.5 Å². The lowest BCUT2D eigenvalue weighted by Crippen LogP contribution is -2.37. The first-order chi connectivity index (χ1) is 16.4. The molecule has 3 aromatic rings. The zero-order valence-corrected chi connectivity index (χ0v) is 20.5. The van der Waals surface area contributed by atoms with E-state index in [0.717, 1.165) is 46.4 Å². The summed E-state index contributed by atoms with van der Waals surface area (Å²) in [5.41, 5.74) is 6.10. The number of hydrogen-bond acceptors (Lipinski definition) is 4. The number of hydrogen-bond donors (Lipinski definition) is 2. The molecule has 2 bridgehead atoms. The van der Waals surface area contributed by atoms with Gasteiger partial charge in [-0.2, -0.15) is 5.10 Å². The van der Waals surface area contributed by atoms with Crippen LogP contribution < -0.4 is 15.4 Å². The van der Waals surface area contributed by atoms with Crippen LogP contribution in [0.4, 0.5) is 0 Å². The molecule has 1 aromatic heterocycles. The molecule has 3 heterocycles. The van der Waals surface area contributed by atoms with Crippen LogP contribution >= 0.6 is 0 Å². The highest BCUT2D eigenvalue weighted by atomic mass is 16.5. The summed E-state index contributed by atoms with van der Waals surface area (Å²) in [7, 11) is 3.57. The van der Waals surface area contributed by atoms with Crippen molar-refractivity contribution in [1.29, 1.82) is 0 Å². The number of aryl methyl sites for hydroxylation is 2. The molecule has 34 heavy (non-hydrogen) atoms. The van der Waals surface area contributed by atoms with Crippen molar-refractivity contribution in [3.8, 4) is 16.9 Å². The third-order valence-electron chi connectivity index (χ3n) is 7.50. The van der Waals surface area contributed by atoms with Crippen molar-refractivity contribution < 1.29 is 9.53 Å². The second-order valence-electron chi connectivity index (χ2n) is 9.97. The predicted octanol–water partition coefficient (Wildman–Crippen LogP) is 4.89. The molecule has 0 radical (unpaired) electrons. The van der Waals surface area contributed by atoms with Gasteiger partial charge in [0.15, 0.2) is 0 Å². The van der Waals surface area contributed by atoms with E-state index in [1.54, 1.807) is 11.8 Å². The maximum absolute atomic E-state index is 13.4. The van der Waals surface area contributed by atoms with E-state index in [0.29, 0.717) is 18.0 Å². The van der Waals surface area contributed by atoms with Crippen LogP contribution in [0.25, 0.3) is 11.1 Å². The molecule has 0 spiro atoms. The molecule has 6 heteroatoms. The number of nitrogens with one attached hydrogen (secondary N) is 2. The normalized spacial score (nSPS) is 22.4. The molecule has 2 fully saturated rings. The Kier molecular flexibility index (Phi) is 6.17. The third kappa shape index (κ3) is 4.60. The fourth-order valence-electron chi connectivity index (χ4n) is 5.55. The third-order valence-corrected chi connectivity index (χ3v) is 7.50. The van der Waals surface area contributed by atoms with Crippen molar-refractivity contribution in [2.24, 2.45) is 7.05 Å². The van der Waals surface area contributed by atoms with E-state index in [2.05, 4.69) is 40.0 Å². The van der Waals surface area contributed by atoms with Gasteiger partial charge >= 0.3 is 0 Å². The second kappa shape index (κ2) is 9.26. The number of rotatable bonds is 6. The Hall–Kier alpha value is -3.12. The molecule has 2 aliphatic heterocycles. The van der Waals surface area contributed by atoms with Crippen molar-refractivity contribution in [2.45, 2.75) is 63.6 Å². The summed E-state index contributed by atoms with van der Waals surface area (Å²) in [4.78, 5) is 13.4. The Balaban J connectivity index is 1.36. The van der Waals surface area contributed by atoms with E-state index in [-0.39, 0.29) is 11.9 Å². The van der Waals surface area contributed by atoms with Crippen LogP contribution in [0.1, 0.15) is 71.6 Å². The number of benzene rings is 2. The number of nitrogens with zero attached hydrogens (tertiary/aromatic N) is 2. The summed E-state index contributed by atoms with van der Waals surface area (Å²) in [6.07, 6.45) is 8.70. The smallest absolute Gasteiger partial charge is 0.252 e. The lowest BCUT2D eigenvalue weighted by Gasteiger charge is -2.29. The summed E-state index contributed by atoms with van der Waals surface area (Å²) >= 11 is 0. The minimum absolute atomic E-state index is 0.0329. The maximum Gasteiger partial charge on any atom is 0.252 e. The zero-order valence-electron chi connectivity index (χ0n) is 20.5. The van der Waals surface area contributed by atoms with Gasteiger partial charge in [0.05, 0.1) is 19.3 Å². The fourth-order valence-corrected chi connectivity index (χ4v) is 5.55. The number of methoxy groups -OCH3 is 1. The zero-order chi connectivity index (χ0) is 23.8. The summed E-state index contributed by atoms with van der Waals surface area (Å²) in [6.45, 7) is 4.03. The molecule has 178 valence electrons. The van der Waals surface area contributed by atoms with E-state index >= 15 is 0 Å². The van der Waals surface area contributed by atoms with Crippen molar-refractivity contribution in [2.75, 3.05) is 7.11 Å². The van der Waals surface area contributed by atoms with Gasteiger partial charge in [-0.1, -0.05) is 12.1 Å². The first-order valence-electron chi connectivity index (χ1n) is 12.2. The molecule has 6 nitrogen and oxygen atoms in total. The number of carbonyl (C=O) groups is 1. The Bertz CT molecular complexity index is 1190. The highest BCUT2D eigenvalue weighted by Gasteiger charge is 2.34. The average molecular weight is 459 g/mol. The van der Waals surface area contributed by atoms with Gasteiger partial charge in [0.2, 0.25) is 0 Å². The van der Waals surface area contributed by atoms with E-state index in [9.17, 15) is 4.79 Å². The number of ether oxygens (including phenoxy) is 1. The molecule has 2 aliphatic rings. The van der Waals surface area contributed by atoms with Gasteiger partial charge in [-0.25, -0.2) is 0 Å². The first-order valence-corrected chi connectivity index (χ1v) is 12.2. The Morgan fingerprint density at radius 3 is 2.59 bits per heavy atom. The number of carbonyl (C=O) groups excluding carboxylic acids is 1. The number of piperidine rings is 1. The Morgan fingerprint density at radius 1 is 1.15 bits per heavy atom. The summed E-state index contributed by atoms with van der Waals surface area (Å²) in [5.74, 6) is 1.26. The van der Waals surface area contributed by atoms with E-state index in [1.165, 1.54) is 18.4 Å². The van der Waals surface area contributed by atoms with Gasteiger partial charge in [-0.05, 0) is 92.0 Å². The molecule has 1 amide bonds. The molecular formula is C28H34N4O2. The van der Waals surface area contributed by atoms with Gasteiger partial charge in [0.1, 0.15) is 5.75 Å². The second-order valence-corrected chi connectivity index (χ2v) is 9.97. The molecule has 2 N–H and O–H groups in total. The van der Waals surface area contributed by atoms with Gasteiger partial charge in [0.25, 0.3) is 5.91 Å².